The summed E-state index contributed by atoms with van der Waals surface area (Å²) in [6.07, 6.45) is 0.504. The summed E-state index contributed by atoms with van der Waals surface area (Å²) >= 11 is 11.8. The first-order valence-corrected chi connectivity index (χ1v) is 8.00. The predicted octanol–water partition coefficient (Wildman–Crippen LogP) is 4.51. The summed E-state index contributed by atoms with van der Waals surface area (Å²) in [4.78, 5) is -0.00779. The summed E-state index contributed by atoms with van der Waals surface area (Å²) in [5.74, 6) is 0. The van der Waals surface area contributed by atoms with Gasteiger partial charge in [-0.1, -0.05) is 44.0 Å². The van der Waals surface area contributed by atoms with E-state index in [-0.39, 0.29) is 15.3 Å². The fraction of sp³-hybridized carbons (Fsp3) is 0.455. The van der Waals surface area contributed by atoms with Crippen molar-refractivity contribution in [2.24, 2.45) is 5.41 Å². The standard InChI is InChI=1S/C11H13Cl3O2S/c1-11(2,3)6-8-9(13)4-7(12)5-10(8)17(14,15)16/h4-5H,6H2,1-3H3. The molecule has 0 spiro atoms. The highest BCUT2D eigenvalue weighted by atomic mass is 35.7. The molecule has 0 saturated heterocycles. The summed E-state index contributed by atoms with van der Waals surface area (Å²) < 4.78 is 23.0. The Kier molecular flexibility index (Phi) is 4.41. The summed E-state index contributed by atoms with van der Waals surface area (Å²) in [6, 6.07) is 2.85. The Morgan fingerprint density at radius 2 is 1.71 bits per heavy atom. The zero-order chi connectivity index (χ0) is 13.4. The van der Waals surface area contributed by atoms with Gasteiger partial charge in [0.1, 0.15) is 0 Å². The van der Waals surface area contributed by atoms with Gasteiger partial charge in [0, 0.05) is 20.7 Å². The average molecular weight is 316 g/mol. The summed E-state index contributed by atoms with van der Waals surface area (Å²) in [6.45, 7) is 5.97. The minimum Gasteiger partial charge on any atom is -0.207 e. The molecule has 0 unspecified atom stereocenters. The molecule has 1 rings (SSSR count). The van der Waals surface area contributed by atoms with Gasteiger partial charge in [0.2, 0.25) is 0 Å². The molecule has 0 amide bonds. The zero-order valence-electron chi connectivity index (χ0n) is 9.72. The van der Waals surface area contributed by atoms with Gasteiger partial charge < -0.3 is 0 Å². The van der Waals surface area contributed by atoms with E-state index in [1.165, 1.54) is 12.1 Å². The zero-order valence-corrected chi connectivity index (χ0v) is 12.8. The average Bonchev–Trinajstić information content (AvgIpc) is 2.05. The second-order valence-corrected chi connectivity index (χ2v) is 8.42. The van der Waals surface area contributed by atoms with E-state index >= 15 is 0 Å². The summed E-state index contributed by atoms with van der Waals surface area (Å²) in [5.41, 5.74) is 0.409. The van der Waals surface area contributed by atoms with Crippen LogP contribution in [0.25, 0.3) is 0 Å². The number of halogens is 3. The number of hydrogen-bond acceptors (Lipinski definition) is 2. The molecule has 0 bridgehead atoms. The van der Waals surface area contributed by atoms with E-state index in [9.17, 15) is 8.42 Å². The van der Waals surface area contributed by atoms with E-state index < -0.39 is 9.05 Å². The lowest BCUT2D eigenvalue weighted by Gasteiger charge is -2.20. The molecule has 2 nitrogen and oxygen atoms in total. The summed E-state index contributed by atoms with van der Waals surface area (Å²) in [7, 11) is 1.54. The van der Waals surface area contributed by atoms with Crippen LogP contribution in [0.2, 0.25) is 10.0 Å². The van der Waals surface area contributed by atoms with Crippen molar-refractivity contribution in [3.63, 3.8) is 0 Å². The van der Waals surface area contributed by atoms with Crippen LogP contribution in [0.1, 0.15) is 26.3 Å². The second kappa shape index (κ2) is 4.96. The maximum atomic E-state index is 11.5. The van der Waals surface area contributed by atoms with E-state index in [4.69, 9.17) is 33.9 Å². The van der Waals surface area contributed by atoms with Crippen molar-refractivity contribution < 1.29 is 8.42 Å². The third-order valence-electron chi connectivity index (χ3n) is 2.09. The lowest BCUT2D eigenvalue weighted by Crippen LogP contribution is -2.12. The van der Waals surface area contributed by atoms with Crippen molar-refractivity contribution in [1.82, 2.24) is 0 Å². The van der Waals surface area contributed by atoms with Crippen molar-refractivity contribution in [2.75, 3.05) is 0 Å². The molecule has 17 heavy (non-hydrogen) atoms. The molecule has 0 aliphatic rings. The molecule has 0 fully saturated rings. The molecule has 0 aliphatic carbocycles. The smallest absolute Gasteiger partial charge is 0.207 e. The Bertz CT molecular complexity index is 530. The third kappa shape index (κ3) is 4.32. The number of hydrogen-bond donors (Lipinski definition) is 0. The number of rotatable bonds is 2. The van der Waals surface area contributed by atoms with E-state index in [1.807, 2.05) is 20.8 Å². The second-order valence-electron chi connectivity index (χ2n) is 5.04. The Morgan fingerprint density at radius 1 is 1.18 bits per heavy atom. The molecule has 96 valence electrons. The highest BCUT2D eigenvalue weighted by molar-refractivity contribution is 8.13. The highest BCUT2D eigenvalue weighted by Crippen LogP contribution is 2.34. The van der Waals surface area contributed by atoms with Crippen LogP contribution >= 0.6 is 33.9 Å². The molecule has 0 heterocycles. The molecule has 0 radical (unpaired) electrons. The molecule has 0 aliphatic heterocycles. The highest BCUT2D eigenvalue weighted by Gasteiger charge is 2.23. The Balaban J connectivity index is 3.47. The van der Waals surface area contributed by atoms with Crippen LogP contribution in [-0.4, -0.2) is 8.42 Å². The Hall–Kier alpha value is 0.0400. The van der Waals surface area contributed by atoms with Crippen molar-refractivity contribution in [2.45, 2.75) is 32.1 Å². The molecule has 6 heteroatoms. The Labute approximate surface area is 116 Å². The van der Waals surface area contributed by atoms with Crippen molar-refractivity contribution in [1.29, 1.82) is 0 Å². The first-order chi connectivity index (χ1) is 7.50. The van der Waals surface area contributed by atoms with Gasteiger partial charge in [0.15, 0.2) is 0 Å². The lowest BCUT2D eigenvalue weighted by atomic mass is 9.88. The van der Waals surface area contributed by atoms with Gasteiger partial charge in [-0.15, -0.1) is 0 Å². The van der Waals surface area contributed by atoms with E-state index in [0.29, 0.717) is 17.0 Å². The number of benzene rings is 1. The molecular formula is C11H13Cl3O2S. The summed E-state index contributed by atoms with van der Waals surface area (Å²) in [5, 5.41) is 0.582. The van der Waals surface area contributed by atoms with Crippen LogP contribution in [0.4, 0.5) is 0 Å². The van der Waals surface area contributed by atoms with Gasteiger partial charge in [-0.3, -0.25) is 0 Å². The quantitative estimate of drug-likeness (QED) is 0.752. The SMILES string of the molecule is CC(C)(C)Cc1c(Cl)cc(Cl)cc1S(=O)(=O)Cl. The van der Waals surface area contributed by atoms with E-state index in [2.05, 4.69) is 0 Å². The third-order valence-corrected chi connectivity index (χ3v) is 4.03. The maximum Gasteiger partial charge on any atom is 0.261 e. The minimum absolute atomic E-state index is 0.00779. The van der Waals surface area contributed by atoms with Crippen molar-refractivity contribution in [3.8, 4) is 0 Å². The van der Waals surface area contributed by atoms with Crippen LogP contribution in [0.3, 0.4) is 0 Å². The molecule has 0 N–H and O–H groups in total. The maximum absolute atomic E-state index is 11.5. The van der Waals surface area contributed by atoms with Crippen LogP contribution in [-0.2, 0) is 15.5 Å². The van der Waals surface area contributed by atoms with Crippen LogP contribution in [0, 0.1) is 5.41 Å². The molecular weight excluding hydrogens is 303 g/mol. The van der Waals surface area contributed by atoms with Gasteiger partial charge in [0.05, 0.1) is 4.90 Å². The van der Waals surface area contributed by atoms with Crippen LogP contribution < -0.4 is 0 Å². The first-order valence-electron chi connectivity index (χ1n) is 4.93. The Morgan fingerprint density at radius 3 is 2.12 bits per heavy atom. The van der Waals surface area contributed by atoms with E-state index in [1.54, 1.807) is 0 Å². The monoisotopic (exact) mass is 314 g/mol. The minimum atomic E-state index is -3.85. The fourth-order valence-electron chi connectivity index (χ4n) is 1.50. The fourth-order valence-corrected chi connectivity index (χ4v) is 3.34. The van der Waals surface area contributed by atoms with Crippen molar-refractivity contribution in [3.05, 3.63) is 27.7 Å². The predicted molar refractivity (Wildman–Crippen MR) is 72.7 cm³/mol. The van der Waals surface area contributed by atoms with Gasteiger partial charge in [-0.05, 0) is 29.5 Å². The van der Waals surface area contributed by atoms with Gasteiger partial charge >= 0.3 is 0 Å². The van der Waals surface area contributed by atoms with Crippen molar-refractivity contribution >= 4 is 42.9 Å². The largest absolute Gasteiger partial charge is 0.261 e. The molecule has 0 aromatic heterocycles. The first kappa shape index (κ1) is 15.1. The molecule has 0 saturated carbocycles. The van der Waals surface area contributed by atoms with Crippen LogP contribution in [0.5, 0.6) is 0 Å². The van der Waals surface area contributed by atoms with Crippen LogP contribution in [0.15, 0.2) is 17.0 Å². The molecule has 1 aromatic rings. The normalized spacial score (nSPS) is 12.8. The van der Waals surface area contributed by atoms with Gasteiger partial charge in [0.25, 0.3) is 9.05 Å². The molecule has 0 atom stereocenters. The van der Waals surface area contributed by atoms with E-state index in [0.717, 1.165) is 0 Å². The lowest BCUT2D eigenvalue weighted by molar-refractivity contribution is 0.408. The molecule has 1 aromatic carbocycles. The van der Waals surface area contributed by atoms with Gasteiger partial charge in [-0.2, -0.15) is 0 Å². The topological polar surface area (TPSA) is 34.1 Å². The van der Waals surface area contributed by atoms with Gasteiger partial charge in [-0.25, -0.2) is 8.42 Å².